The van der Waals surface area contributed by atoms with Crippen LogP contribution in [-0.2, 0) is 0 Å². The molecule has 21 heavy (non-hydrogen) atoms. The predicted molar refractivity (Wildman–Crippen MR) is 89.5 cm³/mol. The van der Waals surface area contributed by atoms with Gasteiger partial charge in [-0.25, -0.2) is 4.98 Å². The maximum atomic E-state index is 4.66. The number of hydrogen-bond acceptors (Lipinski definition) is 3. The Bertz CT molecular complexity index is 969. The molecular formula is C18H12N2S. The third-order valence-electron chi connectivity index (χ3n) is 3.58. The molecule has 2 aromatic heterocycles. The van der Waals surface area contributed by atoms with Gasteiger partial charge in [0.2, 0.25) is 0 Å². The van der Waals surface area contributed by atoms with E-state index in [2.05, 4.69) is 45.5 Å². The van der Waals surface area contributed by atoms with Crippen LogP contribution in [0.25, 0.3) is 27.4 Å². The van der Waals surface area contributed by atoms with Gasteiger partial charge in [-0.2, -0.15) is 11.3 Å². The maximum Gasteiger partial charge on any atom is 0.0894 e. The molecule has 0 saturated carbocycles. The minimum Gasteiger partial charge on any atom is -0.252 e. The molecule has 0 amide bonds. The van der Waals surface area contributed by atoms with Crippen LogP contribution in [0.4, 0.5) is 0 Å². The molecule has 2 aromatic carbocycles. The van der Waals surface area contributed by atoms with Crippen molar-refractivity contribution in [2.75, 3.05) is 0 Å². The van der Waals surface area contributed by atoms with Crippen LogP contribution in [0.1, 0.15) is 11.3 Å². The van der Waals surface area contributed by atoms with Crippen LogP contribution in [0, 0.1) is 0 Å². The van der Waals surface area contributed by atoms with Crippen LogP contribution in [-0.4, -0.2) is 9.97 Å². The second-order valence-electron chi connectivity index (χ2n) is 4.94. The lowest BCUT2D eigenvalue weighted by Crippen LogP contribution is -1.93. The molecule has 2 nitrogen and oxygen atoms in total. The Kier molecular flexibility index (Phi) is 2.79. The highest BCUT2D eigenvalue weighted by Gasteiger charge is 2.07. The average molecular weight is 288 g/mol. The van der Waals surface area contributed by atoms with Crippen LogP contribution in [0.15, 0.2) is 66.0 Å². The fourth-order valence-electron chi connectivity index (χ4n) is 2.40. The number of para-hydroxylation sites is 2. The monoisotopic (exact) mass is 288 g/mol. The minimum absolute atomic E-state index is 0.822. The molecule has 0 bridgehead atoms. The number of hydrogen-bond donors (Lipinski definition) is 0. The number of fused-ring (bicyclic) bond motifs is 2. The Morgan fingerprint density at radius 1 is 0.952 bits per heavy atom. The normalized spacial score (nSPS) is 11.0. The van der Waals surface area contributed by atoms with E-state index >= 15 is 0 Å². The number of thiophene rings is 1. The number of nitrogens with zero attached hydrogens (tertiary/aromatic N) is 2. The van der Waals surface area contributed by atoms with Crippen molar-refractivity contribution in [3.8, 4) is 0 Å². The van der Waals surface area contributed by atoms with Gasteiger partial charge >= 0.3 is 0 Å². The topological polar surface area (TPSA) is 25.8 Å². The Labute approximate surface area is 126 Å². The van der Waals surface area contributed by atoms with E-state index in [1.165, 1.54) is 10.8 Å². The molecule has 0 atom stereocenters. The summed E-state index contributed by atoms with van der Waals surface area (Å²) in [5, 5.41) is 6.81. The van der Waals surface area contributed by atoms with Crippen molar-refractivity contribution < 1.29 is 0 Å². The number of rotatable bonds is 2. The molecule has 2 heterocycles. The van der Waals surface area contributed by atoms with E-state index in [1.54, 1.807) is 17.5 Å². The van der Waals surface area contributed by atoms with E-state index in [1.807, 2.05) is 24.3 Å². The summed E-state index contributed by atoms with van der Waals surface area (Å²) in [6.07, 6.45) is 1.79. The van der Waals surface area contributed by atoms with Crippen LogP contribution in [0.3, 0.4) is 0 Å². The van der Waals surface area contributed by atoms with Crippen LogP contribution >= 0.6 is 11.3 Å². The number of benzene rings is 2. The molecule has 0 fully saturated rings. The van der Waals surface area contributed by atoms with Crippen molar-refractivity contribution in [1.82, 2.24) is 9.97 Å². The quantitative estimate of drug-likeness (QED) is 0.524. The lowest BCUT2D eigenvalue weighted by atomic mass is 10.0. The lowest BCUT2D eigenvalue weighted by molar-refractivity contribution is 1.25. The predicted octanol–water partition coefficient (Wildman–Crippen LogP) is 4.91. The highest BCUT2D eigenvalue weighted by atomic mass is 32.1. The van der Waals surface area contributed by atoms with Crippen molar-refractivity contribution >= 4 is 38.7 Å². The molecule has 0 N–H and O–H groups in total. The molecular weight excluding hydrogens is 276 g/mol. The van der Waals surface area contributed by atoms with Crippen molar-refractivity contribution in [3.05, 3.63) is 77.3 Å². The zero-order chi connectivity index (χ0) is 14.2. The van der Waals surface area contributed by atoms with E-state index < -0.39 is 0 Å². The van der Waals surface area contributed by atoms with Gasteiger partial charge in [0.05, 0.1) is 22.9 Å². The smallest absolute Gasteiger partial charge is 0.0894 e. The Morgan fingerprint density at radius 2 is 1.76 bits per heavy atom. The molecule has 3 heteroatoms. The summed E-state index contributed by atoms with van der Waals surface area (Å²) in [4.78, 5) is 9.12. The number of aromatic nitrogens is 2. The molecule has 4 aromatic rings. The fraction of sp³-hybridized carbons (Fsp3) is 0. The molecule has 0 aliphatic rings. The average Bonchev–Trinajstić information content (AvgIpc) is 3.01. The zero-order valence-electron chi connectivity index (χ0n) is 11.3. The molecule has 0 radical (unpaired) electrons. The maximum absolute atomic E-state index is 4.66. The molecule has 0 aliphatic heterocycles. The molecule has 0 unspecified atom stereocenters. The SMILES string of the molecule is C=C(c1ccc2cscc2c1)c1cnc2ccccc2n1. The summed E-state index contributed by atoms with van der Waals surface area (Å²) < 4.78 is 0. The molecule has 4 rings (SSSR count). The second kappa shape index (κ2) is 4.79. The van der Waals surface area contributed by atoms with E-state index in [9.17, 15) is 0 Å². The van der Waals surface area contributed by atoms with Gasteiger partial charge in [0, 0.05) is 5.57 Å². The van der Waals surface area contributed by atoms with Crippen molar-refractivity contribution in [2.24, 2.45) is 0 Å². The van der Waals surface area contributed by atoms with E-state index in [0.717, 1.165) is 27.9 Å². The molecule has 0 saturated heterocycles. The van der Waals surface area contributed by atoms with Gasteiger partial charge in [0.1, 0.15) is 0 Å². The largest absolute Gasteiger partial charge is 0.252 e. The molecule has 0 spiro atoms. The Morgan fingerprint density at radius 3 is 2.67 bits per heavy atom. The second-order valence-corrected chi connectivity index (χ2v) is 5.68. The summed E-state index contributed by atoms with van der Waals surface area (Å²) in [5.41, 5.74) is 4.62. The van der Waals surface area contributed by atoms with Gasteiger partial charge in [-0.05, 0) is 45.3 Å². The van der Waals surface area contributed by atoms with E-state index in [0.29, 0.717) is 0 Å². The lowest BCUT2D eigenvalue weighted by Gasteiger charge is -2.06. The first-order valence-corrected chi connectivity index (χ1v) is 7.63. The van der Waals surface area contributed by atoms with Crippen molar-refractivity contribution in [1.29, 1.82) is 0 Å². The minimum atomic E-state index is 0.822. The van der Waals surface area contributed by atoms with Gasteiger partial charge < -0.3 is 0 Å². The van der Waals surface area contributed by atoms with Crippen molar-refractivity contribution in [2.45, 2.75) is 0 Å². The first kappa shape index (κ1) is 12.2. The first-order valence-electron chi connectivity index (χ1n) is 6.69. The van der Waals surface area contributed by atoms with Crippen LogP contribution in [0.5, 0.6) is 0 Å². The highest BCUT2D eigenvalue weighted by Crippen LogP contribution is 2.26. The highest BCUT2D eigenvalue weighted by molar-refractivity contribution is 7.09. The van der Waals surface area contributed by atoms with Crippen molar-refractivity contribution in [3.63, 3.8) is 0 Å². The van der Waals surface area contributed by atoms with Crippen LogP contribution in [0.2, 0.25) is 0 Å². The van der Waals surface area contributed by atoms with Gasteiger partial charge in [0.15, 0.2) is 0 Å². The summed E-state index contributed by atoms with van der Waals surface area (Å²) in [6.45, 7) is 4.19. The summed E-state index contributed by atoms with van der Waals surface area (Å²) in [6, 6.07) is 14.3. The molecule has 100 valence electrons. The third kappa shape index (κ3) is 2.12. The summed E-state index contributed by atoms with van der Waals surface area (Å²) >= 11 is 1.71. The Hall–Kier alpha value is -2.52. The summed E-state index contributed by atoms with van der Waals surface area (Å²) in [5.74, 6) is 0. The Balaban J connectivity index is 1.81. The van der Waals surface area contributed by atoms with Gasteiger partial charge in [0.25, 0.3) is 0 Å². The molecule has 0 aliphatic carbocycles. The fourth-order valence-corrected chi connectivity index (χ4v) is 3.18. The van der Waals surface area contributed by atoms with Gasteiger partial charge in [-0.15, -0.1) is 0 Å². The van der Waals surface area contributed by atoms with E-state index in [4.69, 9.17) is 0 Å². The van der Waals surface area contributed by atoms with Gasteiger partial charge in [-0.1, -0.05) is 30.8 Å². The van der Waals surface area contributed by atoms with Gasteiger partial charge in [-0.3, -0.25) is 4.98 Å². The van der Waals surface area contributed by atoms with E-state index in [-0.39, 0.29) is 0 Å². The standard InChI is InChI=1S/C18H12N2S/c1-12(13-6-7-14-10-21-11-15(14)8-13)18-9-19-16-4-2-3-5-17(16)20-18/h2-11H,1H2. The first-order chi connectivity index (χ1) is 10.3. The van der Waals surface area contributed by atoms with Crippen LogP contribution < -0.4 is 0 Å². The zero-order valence-corrected chi connectivity index (χ0v) is 12.1. The summed E-state index contributed by atoms with van der Waals surface area (Å²) in [7, 11) is 0. The third-order valence-corrected chi connectivity index (χ3v) is 4.36.